The van der Waals surface area contributed by atoms with Gasteiger partial charge in [-0.1, -0.05) is 24.0 Å². The number of pyridine rings is 1. The van der Waals surface area contributed by atoms with Crippen molar-refractivity contribution in [1.82, 2.24) is 14.4 Å². The number of methoxy groups -OCH3 is 1. The topological polar surface area (TPSA) is 102 Å². The van der Waals surface area contributed by atoms with Gasteiger partial charge in [-0.3, -0.25) is 24.0 Å². The van der Waals surface area contributed by atoms with Crippen LogP contribution in [0, 0.1) is 18.3 Å². The summed E-state index contributed by atoms with van der Waals surface area (Å²) in [6, 6.07) is 2.05. The fourth-order valence-corrected chi connectivity index (χ4v) is 5.40. The lowest BCUT2D eigenvalue weighted by Gasteiger charge is -2.37. The van der Waals surface area contributed by atoms with Crippen LogP contribution in [0.25, 0.3) is 6.08 Å². The molecule has 178 valence electrons. The van der Waals surface area contributed by atoms with E-state index in [1.807, 2.05) is 6.92 Å². The predicted octanol–water partition coefficient (Wildman–Crippen LogP) is 1.01. The van der Waals surface area contributed by atoms with E-state index in [2.05, 4.69) is 15.9 Å². The molecule has 2 saturated heterocycles. The lowest BCUT2D eigenvalue weighted by Crippen LogP contribution is -2.49. The van der Waals surface area contributed by atoms with Crippen LogP contribution in [0.5, 0.6) is 0 Å². The van der Waals surface area contributed by atoms with Gasteiger partial charge in [0, 0.05) is 51.9 Å². The van der Waals surface area contributed by atoms with Crippen LogP contribution in [-0.4, -0.2) is 89.3 Å². The van der Waals surface area contributed by atoms with Crippen molar-refractivity contribution < 1.29 is 14.6 Å². The molecule has 0 radical (unpaired) electrons. The Morgan fingerprint density at radius 3 is 2.52 bits per heavy atom. The number of β-amino-alcohol motifs (C(OH)–C–C–N with tert-alkyl or cyclic N) is 1. The smallest absolute Gasteiger partial charge is 0.270 e. The van der Waals surface area contributed by atoms with Crippen LogP contribution in [0.3, 0.4) is 0 Å². The highest BCUT2D eigenvalue weighted by molar-refractivity contribution is 8.26. The number of ether oxygens (including phenoxy) is 1. The Kier molecular flexibility index (Phi) is 8.67. The first-order valence-electron chi connectivity index (χ1n) is 10.9. The zero-order chi connectivity index (χ0) is 24.1. The Labute approximate surface area is 203 Å². The molecule has 0 aliphatic carbocycles. The Balaban J connectivity index is 2.10. The largest absolute Gasteiger partial charge is 0.395 e. The number of rotatable bonds is 8. The summed E-state index contributed by atoms with van der Waals surface area (Å²) in [7, 11) is 1.57. The number of hydrogen-bond acceptors (Lipinski definition) is 9. The zero-order valence-electron chi connectivity index (χ0n) is 19.2. The van der Waals surface area contributed by atoms with E-state index in [-0.39, 0.29) is 23.6 Å². The van der Waals surface area contributed by atoms with Gasteiger partial charge in [-0.25, -0.2) is 0 Å². The number of amides is 1. The number of aromatic nitrogens is 1. The van der Waals surface area contributed by atoms with Crippen molar-refractivity contribution in [2.24, 2.45) is 0 Å². The molecule has 3 rings (SSSR count). The molecular weight excluding hydrogens is 462 g/mol. The van der Waals surface area contributed by atoms with Crippen LogP contribution in [-0.2, 0) is 16.1 Å². The number of thiocarbonyl (C=S) groups is 1. The minimum atomic E-state index is -0.324. The fourth-order valence-electron chi connectivity index (χ4n) is 4.11. The van der Waals surface area contributed by atoms with Crippen LogP contribution in [0.1, 0.15) is 23.6 Å². The van der Waals surface area contributed by atoms with Crippen molar-refractivity contribution in [1.29, 1.82) is 5.26 Å². The summed E-state index contributed by atoms with van der Waals surface area (Å²) in [4.78, 5) is 32.4. The van der Waals surface area contributed by atoms with Gasteiger partial charge in [0.15, 0.2) is 0 Å². The van der Waals surface area contributed by atoms with Gasteiger partial charge in [0.25, 0.3) is 11.5 Å². The molecule has 0 spiro atoms. The van der Waals surface area contributed by atoms with Gasteiger partial charge in [0.2, 0.25) is 0 Å². The van der Waals surface area contributed by atoms with Crippen LogP contribution < -0.4 is 10.5 Å². The first-order valence-corrected chi connectivity index (χ1v) is 12.1. The Morgan fingerprint density at radius 2 is 1.94 bits per heavy atom. The summed E-state index contributed by atoms with van der Waals surface area (Å²) in [6.45, 7) is 8.31. The number of nitrogens with zero attached hydrogens (tertiary/aromatic N) is 5. The van der Waals surface area contributed by atoms with Crippen LogP contribution >= 0.6 is 24.0 Å². The number of aliphatic hydroxyl groups excluding tert-OH is 1. The minimum Gasteiger partial charge on any atom is -0.395 e. The maximum Gasteiger partial charge on any atom is 0.270 e. The van der Waals surface area contributed by atoms with Crippen molar-refractivity contribution in [3.8, 4) is 6.07 Å². The summed E-state index contributed by atoms with van der Waals surface area (Å²) in [5.74, 6) is 0.512. The maximum atomic E-state index is 13.1. The highest BCUT2D eigenvalue weighted by Crippen LogP contribution is 2.36. The van der Waals surface area contributed by atoms with Crippen LogP contribution in [0.4, 0.5) is 5.82 Å². The number of aliphatic hydroxyl groups is 1. The van der Waals surface area contributed by atoms with E-state index in [1.165, 1.54) is 16.7 Å². The number of hydrogen-bond donors (Lipinski definition) is 1. The van der Waals surface area contributed by atoms with Crippen molar-refractivity contribution in [3.05, 3.63) is 31.9 Å². The molecule has 1 aromatic heterocycles. The molecule has 0 unspecified atom stereocenters. The average Bonchev–Trinajstić information content (AvgIpc) is 3.07. The Morgan fingerprint density at radius 1 is 1.24 bits per heavy atom. The summed E-state index contributed by atoms with van der Waals surface area (Å²) in [5, 5.41) is 18.9. The third kappa shape index (κ3) is 5.15. The number of nitriles is 1. The van der Waals surface area contributed by atoms with E-state index >= 15 is 0 Å². The first kappa shape index (κ1) is 25.4. The van der Waals surface area contributed by atoms with Crippen LogP contribution in [0.15, 0.2) is 9.70 Å². The molecule has 0 atom stereocenters. The standard InChI is InChI=1S/C22H29N5O4S2/c1-4-26-19(25-7-5-24(6-8-25)9-11-28)16(15(2)17(14-23)20(26)29)13-18-21(30)27(10-12-31-3)22(32)33-18/h13,28H,4-12H2,1-3H3. The number of carbonyl (C=O) groups excluding carboxylic acids is 1. The second-order valence-corrected chi connectivity index (χ2v) is 9.45. The molecule has 0 aromatic carbocycles. The van der Waals surface area contributed by atoms with E-state index in [4.69, 9.17) is 17.0 Å². The summed E-state index contributed by atoms with van der Waals surface area (Å²) in [5.41, 5.74) is 1.01. The van der Waals surface area contributed by atoms with Gasteiger partial charge >= 0.3 is 0 Å². The Bertz CT molecular complexity index is 1050. The molecule has 9 nitrogen and oxygen atoms in total. The van der Waals surface area contributed by atoms with Gasteiger partial charge in [-0.2, -0.15) is 5.26 Å². The van der Waals surface area contributed by atoms with Crippen molar-refractivity contribution >= 4 is 46.1 Å². The van der Waals surface area contributed by atoms with Gasteiger partial charge in [-0.15, -0.1) is 0 Å². The molecule has 0 saturated carbocycles. The highest BCUT2D eigenvalue weighted by atomic mass is 32.2. The predicted molar refractivity (Wildman–Crippen MR) is 133 cm³/mol. The summed E-state index contributed by atoms with van der Waals surface area (Å²) < 4.78 is 7.17. The van der Waals surface area contributed by atoms with E-state index in [0.29, 0.717) is 65.5 Å². The third-order valence-electron chi connectivity index (χ3n) is 5.92. The molecule has 0 bridgehead atoms. The molecule has 1 N–H and O–H groups in total. The maximum absolute atomic E-state index is 13.1. The van der Waals surface area contributed by atoms with E-state index < -0.39 is 0 Å². The average molecular weight is 492 g/mol. The number of thioether (sulfide) groups is 1. The van der Waals surface area contributed by atoms with Gasteiger partial charge < -0.3 is 14.7 Å². The fraction of sp³-hybridized carbons (Fsp3) is 0.545. The van der Waals surface area contributed by atoms with Gasteiger partial charge in [0.05, 0.1) is 24.7 Å². The molecule has 1 aromatic rings. The van der Waals surface area contributed by atoms with E-state index in [0.717, 1.165) is 13.1 Å². The third-order valence-corrected chi connectivity index (χ3v) is 7.30. The monoisotopic (exact) mass is 491 g/mol. The molecule has 2 aliphatic heterocycles. The van der Waals surface area contributed by atoms with Gasteiger partial charge in [0.1, 0.15) is 21.8 Å². The first-order chi connectivity index (χ1) is 15.9. The lowest BCUT2D eigenvalue weighted by atomic mass is 10.0. The number of carbonyl (C=O) groups is 1. The van der Waals surface area contributed by atoms with Crippen LogP contribution in [0.2, 0.25) is 0 Å². The summed E-state index contributed by atoms with van der Waals surface area (Å²) in [6.07, 6.45) is 1.77. The quantitative estimate of drug-likeness (QED) is 0.422. The zero-order valence-corrected chi connectivity index (χ0v) is 20.8. The van der Waals surface area contributed by atoms with E-state index in [9.17, 15) is 20.0 Å². The summed E-state index contributed by atoms with van der Waals surface area (Å²) >= 11 is 6.62. The van der Waals surface area contributed by atoms with Crippen molar-refractivity contribution in [2.75, 3.05) is 64.5 Å². The van der Waals surface area contributed by atoms with E-state index in [1.54, 1.807) is 24.7 Å². The molecule has 2 fully saturated rings. The molecule has 1 amide bonds. The molecule has 11 heteroatoms. The minimum absolute atomic E-state index is 0.0839. The molecule has 33 heavy (non-hydrogen) atoms. The lowest BCUT2D eigenvalue weighted by molar-refractivity contribution is -0.122. The normalized spacial score (nSPS) is 18.5. The Hall–Kier alpha value is -2.23. The number of piperazine rings is 1. The second kappa shape index (κ2) is 11.3. The molecule has 3 heterocycles. The van der Waals surface area contributed by atoms with Crippen molar-refractivity contribution in [2.45, 2.75) is 20.4 Å². The molecular formula is C22H29N5O4S2. The van der Waals surface area contributed by atoms with Gasteiger partial charge in [-0.05, 0) is 25.5 Å². The highest BCUT2D eigenvalue weighted by Gasteiger charge is 2.33. The SMILES string of the molecule is CCn1c(N2CCN(CCO)CC2)c(C=C2SC(=S)N(CCOC)C2=O)c(C)c(C#N)c1=O. The number of anilines is 1. The second-order valence-electron chi connectivity index (χ2n) is 7.78. The molecule has 2 aliphatic rings. The van der Waals surface area contributed by atoms with Crippen molar-refractivity contribution in [3.63, 3.8) is 0 Å².